The van der Waals surface area contributed by atoms with E-state index in [1.165, 1.54) is 0 Å². The fourth-order valence-electron chi connectivity index (χ4n) is 3.10. The molecule has 2 N–H and O–H groups in total. The van der Waals surface area contributed by atoms with E-state index in [4.69, 9.17) is 9.47 Å². The molecule has 1 aromatic rings. The van der Waals surface area contributed by atoms with Crippen LogP contribution >= 0.6 is 0 Å². The lowest BCUT2D eigenvalue weighted by Gasteiger charge is -2.38. The van der Waals surface area contributed by atoms with Gasteiger partial charge in [-0.1, -0.05) is 30.9 Å². The van der Waals surface area contributed by atoms with Gasteiger partial charge in [-0.15, -0.1) is 0 Å². The summed E-state index contributed by atoms with van der Waals surface area (Å²) in [6.07, 6.45) is 1.75. The average molecular weight is 361 g/mol. The van der Waals surface area contributed by atoms with Crippen molar-refractivity contribution in [1.29, 1.82) is 0 Å². The molecule has 1 heterocycles. The van der Waals surface area contributed by atoms with E-state index in [1.807, 2.05) is 18.2 Å². The van der Waals surface area contributed by atoms with Gasteiger partial charge in [-0.05, 0) is 19.9 Å². The third-order valence-electron chi connectivity index (χ3n) is 4.55. The minimum Gasteiger partial charge on any atom is -0.489 e. The average Bonchev–Trinajstić information content (AvgIpc) is 2.67. The molecule has 144 valence electrons. The van der Waals surface area contributed by atoms with Crippen molar-refractivity contribution in [3.05, 3.63) is 42.5 Å². The van der Waals surface area contributed by atoms with Crippen molar-refractivity contribution < 1.29 is 9.47 Å². The molecule has 1 aliphatic rings. The summed E-state index contributed by atoms with van der Waals surface area (Å²) < 4.78 is 11.2. The third kappa shape index (κ3) is 6.04. The Balaban J connectivity index is 1.83. The Hall–Kier alpha value is -2.05. The summed E-state index contributed by atoms with van der Waals surface area (Å²) in [4.78, 5) is 6.80. The molecule has 1 aliphatic heterocycles. The molecule has 6 nitrogen and oxygen atoms in total. The number of rotatable bonds is 8. The third-order valence-corrected chi connectivity index (χ3v) is 4.55. The van der Waals surface area contributed by atoms with Gasteiger partial charge >= 0.3 is 0 Å². The lowest BCUT2D eigenvalue weighted by atomic mass is 10.2. The number of nitrogens with one attached hydrogen (secondary N) is 2. The summed E-state index contributed by atoms with van der Waals surface area (Å²) in [7, 11) is 1.79. The second-order valence-electron chi connectivity index (χ2n) is 6.52. The smallest absolute Gasteiger partial charge is 0.191 e. The number of guanidine groups is 1. The molecule has 2 rings (SSSR count). The quantitative estimate of drug-likeness (QED) is 0.422. The Morgan fingerprint density at radius 3 is 3.00 bits per heavy atom. The standard InChI is InChI=1S/C20H32N4O2/c1-5-11-26-19-9-7-6-8-18(19)14-23-20(21-4)22-13-16(2)24-10-12-25-15-17(24)3/h5-9,16-17H,1,10-15H2,2-4H3,(H2,21,22,23). The van der Waals surface area contributed by atoms with Gasteiger partial charge in [-0.2, -0.15) is 0 Å². The maximum Gasteiger partial charge on any atom is 0.191 e. The Morgan fingerprint density at radius 1 is 1.46 bits per heavy atom. The molecule has 2 atom stereocenters. The SMILES string of the molecule is C=CCOc1ccccc1CNC(=NC)NCC(C)N1CCOCC1C. The summed E-state index contributed by atoms with van der Waals surface area (Å²) in [6, 6.07) is 8.87. The van der Waals surface area contributed by atoms with Crippen LogP contribution in [0.1, 0.15) is 19.4 Å². The predicted molar refractivity (Wildman–Crippen MR) is 107 cm³/mol. The molecule has 6 heteroatoms. The van der Waals surface area contributed by atoms with Crippen LogP contribution in [0.2, 0.25) is 0 Å². The monoisotopic (exact) mass is 360 g/mol. The zero-order valence-corrected chi connectivity index (χ0v) is 16.2. The molecule has 0 bridgehead atoms. The highest BCUT2D eigenvalue weighted by Crippen LogP contribution is 2.17. The normalized spacial score (nSPS) is 19.7. The molecule has 0 aliphatic carbocycles. The van der Waals surface area contributed by atoms with Crippen LogP contribution in [0, 0.1) is 0 Å². The van der Waals surface area contributed by atoms with Crippen LogP contribution in [0.5, 0.6) is 5.75 Å². The predicted octanol–water partition coefficient (Wildman–Crippen LogP) is 2.03. The number of hydrogen-bond donors (Lipinski definition) is 2. The van der Waals surface area contributed by atoms with Gasteiger partial charge in [0.15, 0.2) is 5.96 Å². The highest BCUT2D eigenvalue weighted by atomic mass is 16.5. The number of benzene rings is 1. The zero-order valence-electron chi connectivity index (χ0n) is 16.2. The van der Waals surface area contributed by atoms with Crippen LogP contribution in [0.4, 0.5) is 0 Å². The Bertz CT molecular complexity index is 591. The van der Waals surface area contributed by atoms with Gasteiger partial charge in [-0.3, -0.25) is 9.89 Å². The maximum absolute atomic E-state index is 5.70. The largest absolute Gasteiger partial charge is 0.489 e. The van der Waals surface area contributed by atoms with Crippen molar-refractivity contribution in [2.75, 3.05) is 40.0 Å². The number of morpholine rings is 1. The van der Waals surface area contributed by atoms with Crippen molar-refractivity contribution in [3.63, 3.8) is 0 Å². The molecule has 0 saturated carbocycles. The first kappa shape index (κ1) is 20.3. The van der Waals surface area contributed by atoms with E-state index < -0.39 is 0 Å². The van der Waals surface area contributed by atoms with Crippen molar-refractivity contribution in [1.82, 2.24) is 15.5 Å². The van der Waals surface area contributed by atoms with E-state index in [9.17, 15) is 0 Å². The van der Waals surface area contributed by atoms with E-state index in [2.05, 4.69) is 47.0 Å². The van der Waals surface area contributed by atoms with Gasteiger partial charge in [0.1, 0.15) is 12.4 Å². The topological polar surface area (TPSA) is 58.1 Å². The van der Waals surface area contributed by atoms with E-state index in [-0.39, 0.29) is 0 Å². The summed E-state index contributed by atoms with van der Waals surface area (Å²) in [5.41, 5.74) is 1.09. The number of aliphatic imine (C=N–C) groups is 1. The number of ether oxygens (including phenoxy) is 2. The van der Waals surface area contributed by atoms with Crippen molar-refractivity contribution in [2.45, 2.75) is 32.5 Å². The lowest BCUT2D eigenvalue weighted by molar-refractivity contribution is -0.0174. The molecule has 0 spiro atoms. The summed E-state index contributed by atoms with van der Waals surface area (Å²) >= 11 is 0. The molecule has 1 fully saturated rings. The molecule has 0 aromatic heterocycles. The van der Waals surface area contributed by atoms with E-state index in [0.717, 1.165) is 43.6 Å². The van der Waals surface area contributed by atoms with Crippen LogP contribution in [-0.2, 0) is 11.3 Å². The van der Waals surface area contributed by atoms with Crippen LogP contribution in [0.15, 0.2) is 41.9 Å². The van der Waals surface area contributed by atoms with Gasteiger partial charge in [0.25, 0.3) is 0 Å². The Labute approximate surface area is 157 Å². The minimum atomic E-state index is 0.413. The van der Waals surface area contributed by atoms with Gasteiger partial charge in [-0.25, -0.2) is 0 Å². The van der Waals surface area contributed by atoms with E-state index in [1.54, 1.807) is 13.1 Å². The van der Waals surface area contributed by atoms with Crippen molar-refractivity contribution in [3.8, 4) is 5.75 Å². The van der Waals surface area contributed by atoms with Gasteiger partial charge in [0, 0.05) is 44.3 Å². The van der Waals surface area contributed by atoms with Gasteiger partial charge in [0.05, 0.1) is 13.2 Å². The Morgan fingerprint density at radius 2 is 2.27 bits per heavy atom. The van der Waals surface area contributed by atoms with E-state index >= 15 is 0 Å². The number of nitrogens with zero attached hydrogens (tertiary/aromatic N) is 2. The number of para-hydroxylation sites is 1. The van der Waals surface area contributed by atoms with Crippen LogP contribution in [0.3, 0.4) is 0 Å². The molecule has 26 heavy (non-hydrogen) atoms. The van der Waals surface area contributed by atoms with Crippen LogP contribution < -0.4 is 15.4 Å². The first-order valence-electron chi connectivity index (χ1n) is 9.25. The molecular formula is C20H32N4O2. The van der Waals surface area contributed by atoms with Crippen molar-refractivity contribution in [2.24, 2.45) is 4.99 Å². The molecule has 1 saturated heterocycles. The highest BCUT2D eigenvalue weighted by Gasteiger charge is 2.23. The second-order valence-corrected chi connectivity index (χ2v) is 6.52. The van der Waals surface area contributed by atoms with Gasteiger partial charge < -0.3 is 20.1 Å². The summed E-state index contributed by atoms with van der Waals surface area (Å²) in [6.45, 7) is 12.7. The minimum absolute atomic E-state index is 0.413. The number of hydrogen-bond acceptors (Lipinski definition) is 4. The zero-order chi connectivity index (χ0) is 18.8. The first-order chi connectivity index (χ1) is 12.7. The van der Waals surface area contributed by atoms with Crippen molar-refractivity contribution >= 4 is 5.96 Å². The molecule has 2 unspecified atom stereocenters. The van der Waals surface area contributed by atoms with Gasteiger partial charge in [0.2, 0.25) is 0 Å². The second kappa shape index (κ2) is 10.8. The van der Waals surface area contributed by atoms with Crippen LogP contribution in [-0.4, -0.2) is 62.9 Å². The first-order valence-corrected chi connectivity index (χ1v) is 9.25. The fraction of sp³-hybridized carbons (Fsp3) is 0.550. The highest BCUT2D eigenvalue weighted by molar-refractivity contribution is 5.79. The molecule has 0 radical (unpaired) electrons. The summed E-state index contributed by atoms with van der Waals surface area (Å²) in [5, 5.41) is 6.78. The summed E-state index contributed by atoms with van der Waals surface area (Å²) in [5.74, 6) is 1.65. The van der Waals surface area contributed by atoms with E-state index in [0.29, 0.717) is 25.2 Å². The lowest BCUT2D eigenvalue weighted by Crippen LogP contribution is -2.52. The molecule has 1 aromatic carbocycles. The van der Waals surface area contributed by atoms with Crippen LogP contribution in [0.25, 0.3) is 0 Å². The fourth-order valence-corrected chi connectivity index (χ4v) is 3.10. The maximum atomic E-state index is 5.70. The molecular weight excluding hydrogens is 328 g/mol. The Kier molecular flexibility index (Phi) is 8.44. The molecule has 0 amide bonds.